The first kappa shape index (κ1) is 19.1. The highest BCUT2D eigenvalue weighted by molar-refractivity contribution is 6.02. The van der Waals surface area contributed by atoms with Crippen molar-refractivity contribution in [2.45, 2.75) is 45.1 Å². The third-order valence-electron chi connectivity index (χ3n) is 4.81. The summed E-state index contributed by atoms with van der Waals surface area (Å²) in [6, 6.07) is 9.72. The van der Waals surface area contributed by atoms with E-state index in [2.05, 4.69) is 5.10 Å². The van der Waals surface area contributed by atoms with Crippen molar-refractivity contribution in [2.24, 2.45) is 5.10 Å². The van der Waals surface area contributed by atoms with Gasteiger partial charge in [-0.15, -0.1) is 0 Å². The van der Waals surface area contributed by atoms with E-state index in [1.54, 1.807) is 11.8 Å². The maximum Gasteiger partial charge on any atom is 0.307 e. The van der Waals surface area contributed by atoms with E-state index < -0.39 is 12.1 Å². The average molecular weight is 371 g/mol. The van der Waals surface area contributed by atoms with Crippen LogP contribution in [0.4, 0.5) is 0 Å². The van der Waals surface area contributed by atoms with Crippen LogP contribution >= 0.6 is 0 Å². The van der Waals surface area contributed by atoms with Gasteiger partial charge < -0.3 is 9.64 Å². The van der Waals surface area contributed by atoms with Gasteiger partial charge in [0.1, 0.15) is 0 Å². The van der Waals surface area contributed by atoms with Crippen LogP contribution in [0.2, 0.25) is 0 Å². The van der Waals surface area contributed by atoms with Crippen LogP contribution in [-0.2, 0) is 19.1 Å². The van der Waals surface area contributed by atoms with Crippen LogP contribution in [0.3, 0.4) is 0 Å². The van der Waals surface area contributed by atoms with Crippen molar-refractivity contribution in [3.8, 4) is 0 Å². The number of hydrogen-bond acceptors (Lipinski definition) is 5. The van der Waals surface area contributed by atoms with Crippen molar-refractivity contribution in [1.82, 2.24) is 9.91 Å². The Balaban J connectivity index is 1.44. The Bertz CT molecular complexity index is 726. The van der Waals surface area contributed by atoms with Gasteiger partial charge in [0.05, 0.1) is 18.7 Å². The van der Waals surface area contributed by atoms with Crippen molar-refractivity contribution in [3.05, 3.63) is 35.9 Å². The Labute approximate surface area is 159 Å². The summed E-state index contributed by atoms with van der Waals surface area (Å²) in [6.45, 7) is 3.53. The molecule has 0 aromatic heterocycles. The summed E-state index contributed by atoms with van der Waals surface area (Å²) >= 11 is 0. The van der Waals surface area contributed by atoms with Gasteiger partial charge in [-0.2, -0.15) is 5.10 Å². The molecule has 0 bridgehead atoms. The molecule has 0 spiro atoms. The number of esters is 1. The van der Waals surface area contributed by atoms with Crippen molar-refractivity contribution in [2.75, 3.05) is 19.6 Å². The molecule has 3 rings (SSSR count). The second kappa shape index (κ2) is 8.79. The highest BCUT2D eigenvalue weighted by Crippen LogP contribution is 2.15. The van der Waals surface area contributed by atoms with E-state index in [0.29, 0.717) is 13.0 Å². The fourth-order valence-electron chi connectivity index (χ4n) is 3.31. The molecule has 0 saturated carbocycles. The van der Waals surface area contributed by atoms with E-state index in [0.717, 1.165) is 37.2 Å². The smallest absolute Gasteiger partial charge is 0.307 e. The molecule has 1 unspecified atom stereocenters. The highest BCUT2D eigenvalue weighted by atomic mass is 16.5. The summed E-state index contributed by atoms with van der Waals surface area (Å²) in [5.41, 5.74) is 1.87. The SMILES string of the molecule is CC(OC(=O)CCC(=O)N1CCC(c2ccccc2)=N1)C(=O)N1CCCC1. The van der Waals surface area contributed by atoms with Crippen molar-refractivity contribution >= 4 is 23.5 Å². The number of hydrogen-bond donors (Lipinski definition) is 0. The van der Waals surface area contributed by atoms with Gasteiger partial charge in [-0.05, 0) is 25.3 Å². The van der Waals surface area contributed by atoms with E-state index in [1.807, 2.05) is 30.3 Å². The third-order valence-corrected chi connectivity index (χ3v) is 4.81. The number of benzene rings is 1. The Kier molecular flexibility index (Phi) is 6.21. The standard InChI is InChI=1S/C20H25N3O4/c1-15(20(26)22-12-5-6-13-22)27-19(25)10-9-18(24)23-14-11-17(21-23)16-7-3-2-4-8-16/h2-4,7-8,15H,5-6,9-14H2,1H3. The normalized spacial score (nSPS) is 17.6. The van der Waals surface area contributed by atoms with E-state index in [9.17, 15) is 14.4 Å². The van der Waals surface area contributed by atoms with Crippen molar-refractivity contribution < 1.29 is 19.1 Å². The molecule has 0 N–H and O–H groups in total. The minimum absolute atomic E-state index is 0.0228. The lowest BCUT2D eigenvalue weighted by Crippen LogP contribution is -2.38. The first-order chi connectivity index (χ1) is 13.0. The average Bonchev–Trinajstić information content (AvgIpc) is 3.38. The zero-order valence-corrected chi connectivity index (χ0v) is 15.6. The number of carbonyl (C=O) groups excluding carboxylic acids is 3. The molecular formula is C20H25N3O4. The largest absolute Gasteiger partial charge is 0.453 e. The van der Waals surface area contributed by atoms with Crippen LogP contribution in [0.1, 0.15) is 44.6 Å². The molecule has 1 aromatic carbocycles. The Hall–Kier alpha value is -2.70. The Morgan fingerprint density at radius 1 is 1.07 bits per heavy atom. The van der Waals surface area contributed by atoms with Gasteiger partial charge in [-0.25, -0.2) is 5.01 Å². The van der Waals surface area contributed by atoms with E-state index in [4.69, 9.17) is 4.74 Å². The molecular weight excluding hydrogens is 346 g/mol. The summed E-state index contributed by atoms with van der Waals surface area (Å²) in [4.78, 5) is 38.1. The molecule has 2 amide bonds. The molecule has 1 aromatic rings. The quantitative estimate of drug-likeness (QED) is 0.716. The van der Waals surface area contributed by atoms with Crippen molar-refractivity contribution in [3.63, 3.8) is 0 Å². The molecule has 144 valence electrons. The maximum atomic E-state index is 12.3. The molecule has 0 radical (unpaired) electrons. The number of rotatable bonds is 6. The van der Waals surface area contributed by atoms with Crippen LogP contribution < -0.4 is 0 Å². The Morgan fingerprint density at radius 2 is 1.78 bits per heavy atom. The summed E-state index contributed by atoms with van der Waals surface area (Å²) in [5.74, 6) is -0.907. The van der Waals surface area contributed by atoms with Crippen LogP contribution in [0.5, 0.6) is 0 Å². The first-order valence-corrected chi connectivity index (χ1v) is 9.46. The van der Waals surface area contributed by atoms with Crippen LogP contribution in [0, 0.1) is 0 Å². The molecule has 7 nitrogen and oxygen atoms in total. The van der Waals surface area contributed by atoms with Gasteiger partial charge in [0.15, 0.2) is 6.10 Å². The van der Waals surface area contributed by atoms with Gasteiger partial charge in [0.25, 0.3) is 5.91 Å². The van der Waals surface area contributed by atoms with Gasteiger partial charge in [0.2, 0.25) is 5.91 Å². The summed E-state index contributed by atoms with van der Waals surface area (Å²) in [5, 5.41) is 5.78. The topological polar surface area (TPSA) is 79.3 Å². The summed E-state index contributed by atoms with van der Waals surface area (Å²) in [6.07, 6.45) is 1.84. The van der Waals surface area contributed by atoms with E-state index >= 15 is 0 Å². The first-order valence-electron chi connectivity index (χ1n) is 9.46. The number of nitrogens with zero attached hydrogens (tertiary/aromatic N) is 3. The van der Waals surface area contributed by atoms with Gasteiger partial charge in [0, 0.05) is 25.9 Å². The molecule has 2 aliphatic rings. The van der Waals surface area contributed by atoms with Gasteiger partial charge in [-0.1, -0.05) is 30.3 Å². The maximum absolute atomic E-state index is 12.3. The molecule has 7 heteroatoms. The van der Waals surface area contributed by atoms with E-state index in [1.165, 1.54) is 5.01 Å². The van der Waals surface area contributed by atoms with Gasteiger partial charge in [-0.3, -0.25) is 14.4 Å². The second-order valence-electron chi connectivity index (χ2n) is 6.84. The number of carbonyl (C=O) groups is 3. The lowest BCUT2D eigenvalue weighted by molar-refractivity contribution is -0.159. The molecule has 0 aliphatic carbocycles. The van der Waals surface area contributed by atoms with Crippen molar-refractivity contribution in [1.29, 1.82) is 0 Å². The molecule has 2 aliphatic heterocycles. The minimum Gasteiger partial charge on any atom is -0.453 e. The third kappa shape index (κ3) is 4.93. The molecule has 1 saturated heterocycles. The predicted molar refractivity (Wildman–Crippen MR) is 99.9 cm³/mol. The van der Waals surface area contributed by atoms with E-state index in [-0.39, 0.29) is 24.7 Å². The fourth-order valence-corrected chi connectivity index (χ4v) is 3.31. The minimum atomic E-state index is -0.805. The number of ether oxygens (including phenoxy) is 1. The lowest BCUT2D eigenvalue weighted by atomic mass is 10.1. The number of likely N-dealkylation sites (tertiary alicyclic amines) is 1. The zero-order chi connectivity index (χ0) is 19.2. The predicted octanol–water partition coefficient (Wildman–Crippen LogP) is 1.96. The van der Waals surface area contributed by atoms with Crippen LogP contribution in [0.15, 0.2) is 35.4 Å². The summed E-state index contributed by atoms with van der Waals surface area (Å²) < 4.78 is 5.19. The summed E-state index contributed by atoms with van der Waals surface area (Å²) in [7, 11) is 0. The zero-order valence-electron chi connectivity index (χ0n) is 15.6. The van der Waals surface area contributed by atoms with Crippen LogP contribution in [-0.4, -0.2) is 59.1 Å². The molecule has 1 atom stereocenters. The second-order valence-corrected chi connectivity index (χ2v) is 6.84. The Morgan fingerprint density at radius 3 is 2.48 bits per heavy atom. The fraction of sp³-hybridized carbons (Fsp3) is 0.500. The number of amides is 2. The monoisotopic (exact) mass is 371 g/mol. The molecule has 1 fully saturated rings. The lowest BCUT2D eigenvalue weighted by Gasteiger charge is -2.20. The number of hydrazone groups is 1. The molecule has 27 heavy (non-hydrogen) atoms. The highest BCUT2D eigenvalue weighted by Gasteiger charge is 2.27. The molecule has 2 heterocycles. The van der Waals surface area contributed by atoms with Gasteiger partial charge >= 0.3 is 5.97 Å². The van der Waals surface area contributed by atoms with Crippen LogP contribution in [0.25, 0.3) is 0 Å².